The Morgan fingerprint density at radius 1 is 1.10 bits per heavy atom. The van der Waals surface area contributed by atoms with Gasteiger partial charge in [-0.2, -0.15) is 5.23 Å². The fourth-order valence-electron chi connectivity index (χ4n) is 1.62. The van der Waals surface area contributed by atoms with Crippen LogP contribution in [-0.2, 0) is 0 Å². The van der Waals surface area contributed by atoms with Crippen LogP contribution < -0.4 is 10.5 Å². The maximum Gasteiger partial charge on any atom is 0.187 e. The average Bonchev–Trinajstić information content (AvgIpc) is 2.48. The van der Waals surface area contributed by atoms with Gasteiger partial charge >= 0.3 is 0 Å². The Hall–Kier alpha value is -2.47. The van der Waals surface area contributed by atoms with Crippen molar-refractivity contribution in [2.24, 2.45) is 0 Å². The highest BCUT2D eigenvalue weighted by molar-refractivity contribution is 6.04. The second-order valence-corrected chi connectivity index (χ2v) is 4.09. The molecule has 3 N–H and O–H groups in total. The van der Waals surface area contributed by atoms with Crippen LogP contribution in [0.5, 0.6) is 0 Å². The van der Waals surface area contributed by atoms with Gasteiger partial charge < -0.3 is 10.5 Å². The number of benzene rings is 2. The quantitative estimate of drug-likeness (QED) is 0.440. The van der Waals surface area contributed by atoms with Gasteiger partial charge in [-0.05, 0) is 12.1 Å². The standard InChI is InChI=1S/C15H14N2O3/c18-15(12-4-2-1-3-5-12)10-11-16-13-6-8-14(9-7-13)17(19)20/h1-11,16-17,19H. The monoisotopic (exact) mass is 270 g/mol. The Morgan fingerprint density at radius 2 is 1.75 bits per heavy atom. The van der Waals surface area contributed by atoms with E-state index in [2.05, 4.69) is 5.32 Å². The van der Waals surface area contributed by atoms with Crippen molar-refractivity contribution in [1.29, 1.82) is 0 Å². The molecule has 0 saturated carbocycles. The number of allylic oxidation sites excluding steroid dienone is 1. The zero-order valence-corrected chi connectivity index (χ0v) is 10.6. The molecule has 0 radical (unpaired) electrons. The topological polar surface area (TPSA) is 76.8 Å². The van der Waals surface area contributed by atoms with E-state index in [1.807, 2.05) is 6.07 Å². The molecule has 0 saturated heterocycles. The lowest BCUT2D eigenvalue weighted by Crippen LogP contribution is -2.99. The zero-order chi connectivity index (χ0) is 14.4. The molecule has 0 aliphatic heterocycles. The van der Waals surface area contributed by atoms with Crippen LogP contribution in [0, 0.1) is 5.21 Å². The summed E-state index contributed by atoms with van der Waals surface area (Å²) in [5.74, 6) is -0.0970. The Bertz CT molecular complexity index is 592. The van der Waals surface area contributed by atoms with E-state index < -0.39 is 5.23 Å². The Kier molecular flexibility index (Phi) is 4.62. The number of carbonyl (C=O) groups excluding carboxylic acids is 1. The van der Waals surface area contributed by atoms with E-state index >= 15 is 0 Å². The second kappa shape index (κ2) is 6.63. The van der Waals surface area contributed by atoms with Gasteiger partial charge in [-0.1, -0.05) is 30.3 Å². The lowest BCUT2D eigenvalue weighted by atomic mass is 10.1. The summed E-state index contributed by atoms with van der Waals surface area (Å²) < 4.78 is 0. The number of nitrogens with one attached hydrogen (secondary N) is 2. The van der Waals surface area contributed by atoms with Crippen molar-refractivity contribution in [1.82, 2.24) is 0 Å². The van der Waals surface area contributed by atoms with Crippen molar-refractivity contribution in [3.8, 4) is 0 Å². The first kappa shape index (κ1) is 14.0. The molecule has 5 nitrogen and oxygen atoms in total. The smallest absolute Gasteiger partial charge is 0.187 e. The molecule has 0 fully saturated rings. The van der Waals surface area contributed by atoms with Crippen LogP contribution in [0.3, 0.4) is 0 Å². The molecule has 1 unspecified atom stereocenters. The van der Waals surface area contributed by atoms with Gasteiger partial charge in [0.1, 0.15) is 0 Å². The molecule has 2 aromatic carbocycles. The Morgan fingerprint density at radius 3 is 2.35 bits per heavy atom. The molecular weight excluding hydrogens is 256 g/mol. The van der Waals surface area contributed by atoms with Crippen molar-refractivity contribution in [3.05, 3.63) is 77.6 Å². The van der Waals surface area contributed by atoms with Crippen LogP contribution in [0.25, 0.3) is 0 Å². The van der Waals surface area contributed by atoms with Gasteiger partial charge in [0, 0.05) is 35.7 Å². The number of carbonyl (C=O) groups is 1. The normalized spacial score (nSPS) is 12.3. The van der Waals surface area contributed by atoms with Crippen LogP contribution in [0.1, 0.15) is 10.4 Å². The van der Waals surface area contributed by atoms with Crippen molar-refractivity contribution < 1.29 is 15.2 Å². The maximum atomic E-state index is 11.8. The SMILES string of the molecule is O=C(C=CNc1ccc([NH+]([O-])O)cc1)c1ccccc1. The van der Waals surface area contributed by atoms with E-state index in [-0.39, 0.29) is 11.5 Å². The summed E-state index contributed by atoms with van der Waals surface area (Å²) in [6.07, 6.45) is 2.96. The average molecular weight is 270 g/mol. The highest BCUT2D eigenvalue weighted by Gasteiger charge is 2.00. The molecular formula is C15H14N2O3. The zero-order valence-electron chi connectivity index (χ0n) is 10.6. The van der Waals surface area contributed by atoms with E-state index in [4.69, 9.17) is 5.21 Å². The predicted molar refractivity (Wildman–Crippen MR) is 75.8 cm³/mol. The summed E-state index contributed by atoms with van der Waals surface area (Å²) in [6, 6.07) is 15.2. The molecule has 5 heteroatoms. The highest BCUT2D eigenvalue weighted by Crippen LogP contribution is 2.10. The number of quaternary nitrogens is 1. The first-order chi connectivity index (χ1) is 9.66. The number of ketones is 1. The number of rotatable bonds is 5. The van der Waals surface area contributed by atoms with Crippen molar-refractivity contribution in [3.63, 3.8) is 0 Å². The summed E-state index contributed by atoms with van der Waals surface area (Å²) in [6.45, 7) is 0. The van der Waals surface area contributed by atoms with Crippen molar-refractivity contribution in [2.45, 2.75) is 0 Å². The summed E-state index contributed by atoms with van der Waals surface area (Å²) >= 11 is 0. The van der Waals surface area contributed by atoms with Gasteiger partial charge in [-0.15, -0.1) is 0 Å². The third-order valence-electron chi connectivity index (χ3n) is 2.67. The van der Waals surface area contributed by atoms with Gasteiger partial charge in [0.25, 0.3) is 0 Å². The molecule has 2 aromatic rings. The van der Waals surface area contributed by atoms with Gasteiger partial charge in [0.2, 0.25) is 0 Å². The first-order valence-corrected chi connectivity index (χ1v) is 6.02. The highest BCUT2D eigenvalue weighted by atomic mass is 16.8. The molecule has 0 spiro atoms. The first-order valence-electron chi connectivity index (χ1n) is 6.02. The van der Waals surface area contributed by atoms with Crippen molar-refractivity contribution in [2.75, 3.05) is 5.32 Å². The molecule has 0 aliphatic carbocycles. The number of hydrogen-bond donors (Lipinski definition) is 3. The van der Waals surface area contributed by atoms with Gasteiger partial charge in [0.15, 0.2) is 11.5 Å². The molecule has 0 aromatic heterocycles. The summed E-state index contributed by atoms with van der Waals surface area (Å²) in [5.41, 5.74) is 1.55. The Labute approximate surface area is 116 Å². The van der Waals surface area contributed by atoms with Crippen LogP contribution in [-0.4, -0.2) is 11.0 Å². The van der Waals surface area contributed by atoms with Crippen LogP contribution >= 0.6 is 0 Å². The molecule has 0 amide bonds. The summed E-state index contributed by atoms with van der Waals surface area (Å²) in [7, 11) is 0. The predicted octanol–water partition coefficient (Wildman–Crippen LogP) is 1.90. The third-order valence-corrected chi connectivity index (χ3v) is 2.67. The fourth-order valence-corrected chi connectivity index (χ4v) is 1.62. The number of anilines is 1. The summed E-state index contributed by atoms with van der Waals surface area (Å²) in [4.78, 5) is 11.8. The minimum Gasteiger partial charge on any atom is -0.595 e. The van der Waals surface area contributed by atoms with E-state index in [0.717, 1.165) is 0 Å². The maximum absolute atomic E-state index is 11.8. The van der Waals surface area contributed by atoms with Crippen LogP contribution in [0.4, 0.5) is 11.4 Å². The number of hydrogen-bond acceptors (Lipinski definition) is 4. The lowest BCUT2D eigenvalue weighted by molar-refractivity contribution is -0.991. The van der Waals surface area contributed by atoms with E-state index in [1.165, 1.54) is 24.4 Å². The lowest BCUT2D eigenvalue weighted by Gasteiger charge is -2.11. The third kappa shape index (κ3) is 3.76. The molecule has 20 heavy (non-hydrogen) atoms. The fraction of sp³-hybridized carbons (Fsp3) is 0. The largest absolute Gasteiger partial charge is 0.595 e. The molecule has 0 bridgehead atoms. The van der Waals surface area contributed by atoms with Gasteiger partial charge in [-0.3, -0.25) is 4.79 Å². The van der Waals surface area contributed by atoms with Gasteiger partial charge in [0.05, 0.1) is 0 Å². The molecule has 1 atom stereocenters. The molecule has 102 valence electrons. The Balaban J connectivity index is 1.95. The molecule has 0 aliphatic rings. The molecule has 0 heterocycles. The summed E-state index contributed by atoms with van der Waals surface area (Å²) in [5, 5.41) is 21.4. The second-order valence-electron chi connectivity index (χ2n) is 4.09. The van der Waals surface area contributed by atoms with E-state index in [0.29, 0.717) is 11.3 Å². The van der Waals surface area contributed by atoms with Crippen LogP contribution in [0.15, 0.2) is 66.9 Å². The minimum absolute atomic E-state index is 0.0970. The van der Waals surface area contributed by atoms with Crippen molar-refractivity contribution >= 4 is 17.2 Å². The molecule has 2 rings (SSSR count). The van der Waals surface area contributed by atoms with Gasteiger partial charge in [-0.25, -0.2) is 5.21 Å². The minimum atomic E-state index is -0.966. The van der Waals surface area contributed by atoms with Crippen LogP contribution in [0.2, 0.25) is 0 Å². The van der Waals surface area contributed by atoms with E-state index in [9.17, 15) is 10.0 Å². The van der Waals surface area contributed by atoms with E-state index in [1.54, 1.807) is 36.4 Å².